The molecular weight excluding hydrogens is 302 g/mol. The summed E-state index contributed by atoms with van der Waals surface area (Å²) in [6.45, 7) is 4.42. The zero-order valence-electron chi connectivity index (χ0n) is 14.6. The Morgan fingerprint density at radius 1 is 1.12 bits per heavy atom. The number of benzene rings is 2. The Balaban J connectivity index is 2.32. The average molecular weight is 327 g/mol. The summed E-state index contributed by atoms with van der Waals surface area (Å²) in [5, 5.41) is 5.01. The van der Waals surface area contributed by atoms with E-state index < -0.39 is 0 Å². The van der Waals surface area contributed by atoms with Crippen LogP contribution in [0.1, 0.15) is 49.0 Å². The van der Waals surface area contributed by atoms with E-state index in [0.717, 1.165) is 34.1 Å². The molecule has 128 valence electrons. The number of nitrogens with one attached hydrogen (secondary N) is 1. The molecule has 2 aromatic rings. The summed E-state index contributed by atoms with van der Waals surface area (Å²) in [6.07, 6.45) is 2.55. The Bertz CT molecular complexity index is 737. The minimum absolute atomic E-state index is 0.0696. The highest BCUT2D eigenvalue weighted by Crippen LogP contribution is 2.26. The number of carbonyl (C=O) groups excluding carboxylic acids is 2. The molecule has 0 saturated heterocycles. The largest absolute Gasteiger partial charge is 0.497 e. The topological polar surface area (TPSA) is 55.4 Å². The van der Waals surface area contributed by atoms with Crippen molar-refractivity contribution in [1.82, 2.24) is 5.32 Å². The van der Waals surface area contributed by atoms with Crippen LogP contribution in [-0.4, -0.2) is 25.3 Å². The molecule has 0 radical (unpaired) electrons. The van der Waals surface area contributed by atoms with Crippen molar-refractivity contribution in [3.8, 4) is 5.75 Å². The fourth-order valence-corrected chi connectivity index (χ4v) is 2.76. The van der Waals surface area contributed by atoms with Gasteiger partial charge < -0.3 is 10.1 Å². The first-order valence-electron chi connectivity index (χ1n) is 8.49. The highest BCUT2D eigenvalue weighted by atomic mass is 16.5. The molecule has 0 atom stereocenters. The Kier molecular flexibility index (Phi) is 6.36. The van der Waals surface area contributed by atoms with Gasteiger partial charge in [0.15, 0.2) is 5.78 Å². The lowest BCUT2D eigenvalue weighted by Gasteiger charge is -2.12. The molecule has 1 amide bonds. The van der Waals surface area contributed by atoms with Crippen LogP contribution in [-0.2, 0) is 11.2 Å². The quantitative estimate of drug-likeness (QED) is 0.748. The van der Waals surface area contributed by atoms with Gasteiger partial charge in [0.05, 0.1) is 7.11 Å². The molecule has 0 spiro atoms. The first kappa shape index (κ1) is 18.0. The van der Waals surface area contributed by atoms with Gasteiger partial charge in [-0.15, -0.1) is 0 Å². The number of ether oxygens (including phenoxy) is 1. The van der Waals surface area contributed by atoms with Crippen LogP contribution in [0.2, 0.25) is 0 Å². The number of fused-ring (bicyclic) bond motifs is 1. The van der Waals surface area contributed by atoms with E-state index in [9.17, 15) is 9.59 Å². The van der Waals surface area contributed by atoms with Crippen LogP contribution in [0.15, 0.2) is 30.3 Å². The number of carbonyl (C=O) groups is 2. The van der Waals surface area contributed by atoms with E-state index in [1.165, 1.54) is 0 Å². The van der Waals surface area contributed by atoms with Gasteiger partial charge in [-0.2, -0.15) is 0 Å². The third kappa shape index (κ3) is 4.34. The van der Waals surface area contributed by atoms with E-state index in [4.69, 9.17) is 4.74 Å². The van der Waals surface area contributed by atoms with Crippen molar-refractivity contribution in [3.63, 3.8) is 0 Å². The summed E-state index contributed by atoms with van der Waals surface area (Å²) in [4.78, 5) is 23.7. The summed E-state index contributed by atoms with van der Waals surface area (Å²) in [5.74, 6) is 0.984. The lowest BCUT2D eigenvalue weighted by Crippen LogP contribution is -2.25. The van der Waals surface area contributed by atoms with Gasteiger partial charge in [-0.1, -0.05) is 19.9 Å². The summed E-state index contributed by atoms with van der Waals surface area (Å²) in [5.41, 5.74) is 1.78. The van der Waals surface area contributed by atoms with Crippen LogP contribution in [0.5, 0.6) is 5.75 Å². The van der Waals surface area contributed by atoms with Gasteiger partial charge in [-0.3, -0.25) is 9.59 Å². The molecule has 0 aliphatic carbocycles. The van der Waals surface area contributed by atoms with Crippen LogP contribution in [0.25, 0.3) is 10.8 Å². The van der Waals surface area contributed by atoms with E-state index in [0.29, 0.717) is 25.8 Å². The number of methoxy groups -OCH3 is 1. The van der Waals surface area contributed by atoms with Crippen molar-refractivity contribution >= 4 is 22.5 Å². The molecule has 24 heavy (non-hydrogen) atoms. The van der Waals surface area contributed by atoms with E-state index >= 15 is 0 Å². The summed E-state index contributed by atoms with van der Waals surface area (Å²) < 4.78 is 5.31. The number of hydrogen-bond donors (Lipinski definition) is 1. The average Bonchev–Trinajstić information content (AvgIpc) is 2.60. The molecular formula is C20H25NO3. The van der Waals surface area contributed by atoms with Crippen LogP contribution in [0.3, 0.4) is 0 Å². The predicted molar refractivity (Wildman–Crippen MR) is 96.7 cm³/mol. The smallest absolute Gasteiger partial charge is 0.219 e. The normalized spacial score (nSPS) is 10.6. The summed E-state index contributed by atoms with van der Waals surface area (Å²) in [6, 6.07) is 9.73. The molecule has 2 aromatic carbocycles. The van der Waals surface area contributed by atoms with Gasteiger partial charge in [0, 0.05) is 24.9 Å². The van der Waals surface area contributed by atoms with Crippen LogP contribution < -0.4 is 10.1 Å². The third-order valence-electron chi connectivity index (χ3n) is 4.08. The zero-order chi connectivity index (χ0) is 17.5. The van der Waals surface area contributed by atoms with E-state index in [-0.39, 0.29) is 11.7 Å². The van der Waals surface area contributed by atoms with Crippen molar-refractivity contribution in [3.05, 3.63) is 41.5 Å². The molecule has 0 unspecified atom stereocenters. The number of amides is 1. The molecule has 0 fully saturated rings. The SMILES string of the molecule is CCCC(=O)NCCc1cc(C(=O)CC)cc2ccc(OC)cc12. The molecule has 0 saturated carbocycles. The predicted octanol–water partition coefficient (Wildman–Crippen LogP) is 3.90. The van der Waals surface area contributed by atoms with Crippen LogP contribution >= 0.6 is 0 Å². The molecule has 0 aromatic heterocycles. The lowest BCUT2D eigenvalue weighted by molar-refractivity contribution is -0.121. The minimum Gasteiger partial charge on any atom is -0.497 e. The lowest BCUT2D eigenvalue weighted by atomic mass is 9.96. The van der Waals surface area contributed by atoms with Crippen molar-refractivity contribution in [2.75, 3.05) is 13.7 Å². The van der Waals surface area contributed by atoms with Crippen molar-refractivity contribution < 1.29 is 14.3 Å². The van der Waals surface area contributed by atoms with Gasteiger partial charge >= 0.3 is 0 Å². The maximum absolute atomic E-state index is 12.1. The maximum Gasteiger partial charge on any atom is 0.219 e. The van der Waals surface area contributed by atoms with Crippen molar-refractivity contribution in [2.24, 2.45) is 0 Å². The Morgan fingerprint density at radius 3 is 2.58 bits per heavy atom. The fraction of sp³-hybridized carbons (Fsp3) is 0.400. The van der Waals surface area contributed by atoms with Crippen molar-refractivity contribution in [1.29, 1.82) is 0 Å². The fourth-order valence-electron chi connectivity index (χ4n) is 2.76. The summed E-state index contributed by atoms with van der Waals surface area (Å²) >= 11 is 0. The van der Waals surface area contributed by atoms with Gasteiger partial charge in [-0.25, -0.2) is 0 Å². The van der Waals surface area contributed by atoms with Gasteiger partial charge in [0.25, 0.3) is 0 Å². The Hall–Kier alpha value is -2.36. The van der Waals surface area contributed by atoms with Crippen LogP contribution in [0, 0.1) is 0 Å². The molecule has 1 N–H and O–H groups in total. The molecule has 0 aliphatic heterocycles. The standard InChI is InChI=1S/C20H25NO3/c1-4-6-20(23)21-10-9-15-12-16(19(22)5-2)11-14-7-8-17(24-3)13-18(14)15/h7-8,11-13H,4-6,9-10H2,1-3H3,(H,21,23). The van der Waals surface area contributed by atoms with Crippen molar-refractivity contribution in [2.45, 2.75) is 39.5 Å². The van der Waals surface area contributed by atoms with E-state index in [1.54, 1.807) is 7.11 Å². The number of hydrogen-bond acceptors (Lipinski definition) is 3. The molecule has 0 heterocycles. The van der Waals surface area contributed by atoms with Gasteiger partial charge in [-0.05, 0) is 53.4 Å². The first-order valence-corrected chi connectivity index (χ1v) is 8.49. The van der Waals surface area contributed by atoms with Gasteiger partial charge in [0.1, 0.15) is 5.75 Å². The molecule has 2 rings (SSSR count). The monoisotopic (exact) mass is 327 g/mol. The molecule has 0 aliphatic rings. The number of Topliss-reactive ketones (excluding diaryl/α,β-unsaturated/α-hetero) is 1. The highest BCUT2D eigenvalue weighted by molar-refractivity contribution is 6.01. The second-order valence-electron chi connectivity index (χ2n) is 5.85. The second-order valence-corrected chi connectivity index (χ2v) is 5.85. The Labute approximate surface area is 143 Å². The zero-order valence-corrected chi connectivity index (χ0v) is 14.6. The number of ketones is 1. The van der Waals surface area contributed by atoms with Crippen LogP contribution in [0.4, 0.5) is 0 Å². The third-order valence-corrected chi connectivity index (χ3v) is 4.08. The van der Waals surface area contributed by atoms with E-state index in [2.05, 4.69) is 5.32 Å². The number of rotatable bonds is 8. The first-order chi connectivity index (χ1) is 11.6. The Morgan fingerprint density at radius 2 is 1.92 bits per heavy atom. The summed E-state index contributed by atoms with van der Waals surface area (Å²) in [7, 11) is 1.64. The minimum atomic E-state index is 0.0696. The van der Waals surface area contributed by atoms with Gasteiger partial charge in [0.2, 0.25) is 5.91 Å². The highest BCUT2D eigenvalue weighted by Gasteiger charge is 2.10. The van der Waals surface area contributed by atoms with E-state index in [1.807, 2.05) is 44.2 Å². The molecule has 0 bridgehead atoms. The second kappa shape index (κ2) is 8.48. The maximum atomic E-state index is 12.1. The molecule has 4 nitrogen and oxygen atoms in total. The molecule has 4 heteroatoms.